The van der Waals surface area contributed by atoms with Gasteiger partial charge in [-0.05, 0) is 31.6 Å². The lowest BCUT2D eigenvalue weighted by Gasteiger charge is -2.29. The van der Waals surface area contributed by atoms with Gasteiger partial charge in [-0.3, -0.25) is 5.26 Å². The van der Waals surface area contributed by atoms with E-state index in [1.165, 1.54) is 19.3 Å². The van der Waals surface area contributed by atoms with Crippen LogP contribution < -0.4 is 0 Å². The Balaban J connectivity index is 0.000000605. The highest BCUT2D eigenvalue weighted by atomic mass is 35.5. The lowest BCUT2D eigenvalue weighted by Crippen LogP contribution is -2.30. The third-order valence-corrected chi connectivity index (χ3v) is 3.11. The molecule has 2 rings (SSSR count). The van der Waals surface area contributed by atoms with Crippen molar-refractivity contribution in [2.24, 2.45) is 5.92 Å². The normalized spacial score (nSPS) is 41.7. The lowest BCUT2D eigenvalue weighted by molar-refractivity contribution is -0.326. The Hall–Kier alpha value is 0.210. The topological polar surface area (TPSA) is 29.5 Å². The van der Waals surface area contributed by atoms with Gasteiger partial charge in [0.2, 0.25) is 0 Å². The summed E-state index contributed by atoms with van der Waals surface area (Å²) in [6.45, 7) is 0. The first-order valence-corrected chi connectivity index (χ1v) is 4.17. The maximum absolute atomic E-state index is 8.67. The van der Waals surface area contributed by atoms with Crippen LogP contribution in [-0.4, -0.2) is 10.9 Å². The van der Waals surface area contributed by atoms with Gasteiger partial charge in [-0.15, -0.1) is 12.4 Å². The molecule has 2 fully saturated rings. The fourth-order valence-electron chi connectivity index (χ4n) is 2.51. The standard InChI is InChI=1S/C8H14O2.ClH/c9-10-8-4-1-2-7(6-8)3-5-8;/h7,9H,1-6H2;1H. The van der Waals surface area contributed by atoms with Crippen molar-refractivity contribution < 1.29 is 10.1 Å². The minimum Gasteiger partial charge on any atom is -0.251 e. The molecule has 11 heavy (non-hydrogen) atoms. The monoisotopic (exact) mass is 178 g/mol. The second kappa shape index (κ2) is 3.30. The molecule has 2 aliphatic carbocycles. The van der Waals surface area contributed by atoms with E-state index in [0.717, 1.165) is 25.2 Å². The maximum Gasteiger partial charge on any atom is 0.104 e. The van der Waals surface area contributed by atoms with Gasteiger partial charge in [0.05, 0.1) is 0 Å². The highest BCUT2D eigenvalue weighted by molar-refractivity contribution is 5.85. The molecule has 0 amide bonds. The van der Waals surface area contributed by atoms with Gasteiger partial charge in [0.25, 0.3) is 0 Å². The smallest absolute Gasteiger partial charge is 0.104 e. The molecular weight excluding hydrogens is 164 g/mol. The number of rotatable bonds is 1. The summed E-state index contributed by atoms with van der Waals surface area (Å²) in [5.41, 5.74) is -0.108. The van der Waals surface area contributed by atoms with Gasteiger partial charge >= 0.3 is 0 Å². The van der Waals surface area contributed by atoms with Crippen LogP contribution in [0, 0.1) is 5.92 Å². The van der Waals surface area contributed by atoms with Crippen molar-refractivity contribution >= 4 is 12.4 Å². The predicted octanol–water partition coefficient (Wildman–Crippen LogP) is 2.62. The first kappa shape index (κ1) is 9.30. The van der Waals surface area contributed by atoms with Gasteiger partial charge in [0, 0.05) is 0 Å². The van der Waals surface area contributed by atoms with E-state index in [4.69, 9.17) is 5.26 Å². The maximum atomic E-state index is 8.67. The Morgan fingerprint density at radius 3 is 2.73 bits per heavy atom. The van der Waals surface area contributed by atoms with E-state index in [1.54, 1.807) is 0 Å². The van der Waals surface area contributed by atoms with Crippen LogP contribution in [0.15, 0.2) is 0 Å². The molecular formula is C8H15ClO2. The number of hydrogen-bond acceptors (Lipinski definition) is 2. The van der Waals surface area contributed by atoms with E-state index in [9.17, 15) is 0 Å². The van der Waals surface area contributed by atoms with Gasteiger partial charge in [0.1, 0.15) is 5.60 Å². The molecule has 2 aliphatic rings. The summed E-state index contributed by atoms with van der Waals surface area (Å²) in [6.07, 6.45) is 7.11. The van der Waals surface area contributed by atoms with E-state index in [1.807, 2.05) is 0 Å². The van der Waals surface area contributed by atoms with Gasteiger partial charge in [-0.1, -0.05) is 12.8 Å². The van der Waals surface area contributed by atoms with Gasteiger partial charge in [-0.2, -0.15) is 0 Å². The molecule has 0 aliphatic heterocycles. The quantitative estimate of drug-likeness (QED) is 0.494. The molecule has 3 heteroatoms. The first-order valence-electron chi connectivity index (χ1n) is 4.17. The Bertz CT molecular complexity index is 136. The summed E-state index contributed by atoms with van der Waals surface area (Å²) in [4.78, 5) is 4.57. The largest absolute Gasteiger partial charge is 0.251 e. The minimum absolute atomic E-state index is 0. The Morgan fingerprint density at radius 1 is 1.27 bits per heavy atom. The van der Waals surface area contributed by atoms with Crippen LogP contribution in [0.3, 0.4) is 0 Å². The molecule has 0 aromatic carbocycles. The zero-order chi connectivity index (χ0) is 7.03. The van der Waals surface area contributed by atoms with Crippen LogP contribution >= 0.6 is 12.4 Å². The SMILES string of the molecule is Cl.OOC12CCCC(CC1)C2. The van der Waals surface area contributed by atoms with Crippen LogP contribution in [0.5, 0.6) is 0 Å². The predicted molar refractivity (Wildman–Crippen MR) is 44.9 cm³/mol. The molecule has 2 unspecified atom stereocenters. The molecule has 2 atom stereocenters. The summed E-state index contributed by atoms with van der Waals surface area (Å²) >= 11 is 0. The highest BCUT2D eigenvalue weighted by Crippen LogP contribution is 2.46. The van der Waals surface area contributed by atoms with Gasteiger partial charge in [0.15, 0.2) is 0 Å². The zero-order valence-corrected chi connectivity index (χ0v) is 7.40. The molecule has 2 nitrogen and oxygen atoms in total. The van der Waals surface area contributed by atoms with Crippen molar-refractivity contribution in [1.82, 2.24) is 0 Å². The average Bonchev–Trinajstić information content (AvgIpc) is 2.29. The molecule has 2 saturated carbocycles. The van der Waals surface area contributed by atoms with E-state index >= 15 is 0 Å². The Labute approximate surface area is 73.3 Å². The molecule has 0 aromatic rings. The van der Waals surface area contributed by atoms with Crippen molar-refractivity contribution in [2.75, 3.05) is 0 Å². The second-order valence-electron chi connectivity index (χ2n) is 3.78. The summed E-state index contributed by atoms with van der Waals surface area (Å²) in [7, 11) is 0. The van der Waals surface area contributed by atoms with E-state index < -0.39 is 0 Å². The molecule has 0 aromatic heterocycles. The zero-order valence-electron chi connectivity index (χ0n) is 6.58. The number of halogens is 1. The molecule has 0 heterocycles. The first-order chi connectivity index (χ1) is 4.85. The second-order valence-corrected chi connectivity index (χ2v) is 3.78. The van der Waals surface area contributed by atoms with Crippen molar-refractivity contribution in [3.8, 4) is 0 Å². The molecule has 2 bridgehead atoms. The van der Waals surface area contributed by atoms with Crippen molar-refractivity contribution in [1.29, 1.82) is 0 Å². The van der Waals surface area contributed by atoms with Gasteiger partial charge in [-0.25, -0.2) is 4.89 Å². The minimum atomic E-state index is -0.108. The van der Waals surface area contributed by atoms with Crippen molar-refractivity contribution in [3.63, 3.8) is 0 Å². The highest BCUT2D eigenvalue weighted by Gasteiger charge is 2.43. The molecule has 0 spiro atoms. The molecule has 0 radical (unpaired) electrons. The van der Waals surface area contributed by atoms with Crippen molar-refractivity contribution in [3.05, 3.63) is 0 Å². The van der Waals surface area contributed by atoms with E-state index in [2.05, 4.69) is 4.89 Å². The molecule has 66 valence electrons. The molecule has 1 N–H and O–H groups in total. The summed E-state index contributed by atoms with van der Waals surface area (Å²) in [5.74, 6) is 0.848. The Kier molecular flexibility index (Phi) is 2.79. The molecule has 0 saturated heterocycles. The lowest BCUT2D eigenvalue weighted by atomic mass is 9.86. The van der Waals surface area contributed by atoms with Crippen LogP contribution in [0.25, 0.3) is 0 Å². The van der Waals surface area contributed by atoms with Crippen molar-refractivity contribution in [2.45, 2.75) is 44.1 Å². The third-order valence-electron chi connectivity index (χ3n) is 3.11. The van der Waals surface area contributed by atoms with Crippen LogP contribution in [0.4, 0.5) is 0 Å². The van der Waals surface area contributed by atoms with Crippen LogP contribution in [-0.2, 0) is 4.89 Å². The summed E-state index contributed by atoms with van der Waals surface area (Å²) in [5, 5.41) is 8.67. The van der Waals surface area contributed by atoms with Crippen LogP contribution in [0.2, 0.25) is 0 Å². The summed E-state index contributed by atoms with van der Waals surface area (Å²) < 4.78 is 0. The average molecular weight is 179 g/mol. The Morgan fingerprint density at radius 2 is 2.09 bits per heavy atom. The van der Waals surface area contributed by atoms with E-state index in [0.29, 0.717) is 0 Å². The summed E-state index contributed by atoms with van der Waals surface area (Å²) in [6, 6.07) is 0. The fraction of sp³-hybridized carbons (Fsp3) is 1.00. The fourth-order valence-corrected chi connectivity index (χ4v) is 2.51. The van der Waals surface area contributed by atoms with Gasteiger partial charge < -0.3 is 0 Å². The number of fused-ring (bicyclic) bond motifs is 2. The van der Waals surface area contributed by atoms with Crippen LogP contribution in [0.1, 0.15) is 38.5 Å². The number of hydrogen-bond donors (Lipinski definition) is 1. The third kappa shape index (κ3) is 1.53. The van der Waals surface area contributed by atoms with E-state index in [-0.39, 0.29) is 18.0 Å².